The molecule has 2 aromatic rings. The van der Waals surface area contributed by atoms with E-state index in [1.165, 1.54) is 0 Å². The SMILES string of the molecule is CC(C)C(O)CNCc1cccc(OCc2cccc(C#N)c2)c1. The van der Waals surface area contributed by atoms with Gasteiger partial charge in [-0.15, -0.1) is 0 Å². The summed E-state index contributed by atoms with van der Waals surface area (Å²) in [5.74, 6) is 1.04. The van der Waals surface area contributed by atoms with Crippen molar-refractivity contribution in [2.75, 3.05) is 6.54 Å². The van der Waals surface area contributed by atoms with E-state index in [1.807, 2.05) is 56.3 Å². The van der Waals surface area contributed by atoms with Crippen molar-refractivity contribution in [3.8, 4) is 11.8 Å². The van der Waals surface area contributed by atoms with Gasteiger partial charge in [0.05, 0.1) is 17.7 Å². The largest absolute Gasteiger partial charge is 0.489 e. The van der Waals surface area contributed by atoms with Crippen LogP contribution in [0.3, 0.4) is 0 Å². The van der Waals surface area contributed by atoms with E-state index in [1.54, 1.807) is 6.07 Å². The zero-order valence-corrected chi connectivity index (χ0v) is 14.2. The number of nitrogens with zero attached hydrogens (tertiary/aromatic N) is 1. The average molecular weight is 324 g/mol. The van der Waals surface area contributed by atoms with Crippen LogP contribution in [0.2, 0.25) is 0 Å². The summed E-state index contributed by atoms with van der Waals surface area (Å²) in [6.07, 6.45) is -0.336. The van der Waals surface area contributed by atoms with Gasteiger partial charge in [0.2, 0.25) is 0 Å². The Morgan fingerprint density at radius 1 is 1.12 bits per heavy atom. The Morgan fingerprint density at radius 3 is 2.62 bits per heavy atom. The van der Waals surface area contributed by atoms with Crippen LogP contribution >= 0.6 is 0 Å². The fraction of sp³-hybridized carbons (Fsp3) is 0.350. The fourth-order valence-corrected chi connectivity index (χ4v) is 2.24. The molecular weight excluding hydrogens is 300 g/mol. The summed E-state index contributed by atoms with van der Waals surface area (Å²) in [5.41, 5.74) is 2.71. The van der Waals surface area contributed by atoms with Gasteiger partial charge in [0.15, 0.2) is 0 Å². The normalized spacial score (nSPS) is 12.0. The maximum absolute atomic E-state index is 9.80. The maximum atomic E-state index is 9.80. The van der Waals surface area contributed by atoms with Crippen molar-refractivity contribution >= 4 is 0 Å². The Kier molecular flexibility index (Phi) is 6.80. The lowest BCUT2D eigenvalue weighted by atomic mass is 10.1. The molecule has 0 aromatic heterocycles. The van der Waals surface area contributed by atoms with Gasteiger partial charge in [-0.25, -0.2) is 0 Å². The molecule has 1 atom stereocenters. The summed E-state index contributed by atoms with van der Waals surface area (Å²) >= 11 is 0. The molecular formula is C20H24N2O2. The first-order chi connectivity index (χ1) is 11.6. The smallest absolute Gasteiger partial charge is 0.120 e. The van der Waals surface area contributed by atoms with Gasteiger partial charge in [-0.3, -0.25) is 0 Å². The van der Waals surface area contributed by atoms with Crippen LogP contribution in [-0.4, -0.2) is 17.8 Å². The van der Waals surface area contributed by atoms with E-state index in [4.69, 9.17) is 10.00 Å². The van der Waals surface area contributed by atoms with Gasteiger partial charge in [0.1, 0.15) is 12.4 Å². The summed E-state index contributed by atoms with van der Waals surface area (Å²) in [5, 5.41) is 22.0. The van der Waals surface area contributed by atoms with E-state index in [0.29, 0.717) is 25.3 Å². The van der Waals surface area contributed by atoms with Gasteiger partial charge < -0.3 is 15.2 Å². The lowest BCUT2D eigenvalue weighted by Crippen LogP contribution is -2.30. The molecule has 24 heavy (non-hydrogen) atoms. The summed E-state index contributed by atoms with van der Waals surface area (Å²) < 4.78 is 5.81. The summed E-state index contributed by atoms with van der Waals surface area (Å²) in [6, 6.07) is 17.4. The minimum atomic E-state index is -0.336. The fourth-order valence-electron chi connectivity index (χ4n) is 2.24. The van der Waals surface area contributed by atoms with Gasteiger partial charge in [0, 0.05) is 13.1 Å². The number of aliphatic hydroxyl groups is 1. The first-order valence-electron chi connectivity index (χ1n) is 8.18. The van der Waals surface area contributed by atoms with Crippen LogP contribution in [0.15, 0.2) is 48.5 Å². The summed E-state index contributed by atoms with van der Waals surface area (Å²) in [4.78, 5) is 0. The second kappa shape index (κ2) is 9.07. The number of aliphatic hydroxyl groups excluding tert-OH is 1. The molecule has 4 nitrogen and oxygen atoms in total. The molecule has 4 heteroatoms. The third-order valence-corrected chi connectivity index (χ3v) is 3.81. The standard InChI is InChI=1S/C20H24N2O2/c1-15(2)20(23)13-22-12-17-6-4-8-19(10-17)24-14-18-7-3-5-16(9-18)11-21/h3-10,15,20,22-23H,12-14H2,1-2H3. The number of hydrogen-bond acceptors (Lipinski definition) is 4. The highest BCUT2D eigenvalue weighted by Crippen LogP contribution is 2.16. The molecule has 2 N–H and O–H groups in total. The van der Waals surface area contributed by atoms with E-state index in [-0.39, 0.29) is 12.0 Å². The highest BCUT2D eigenvalue weighted by molar-refractivity contribution is 5.33. The monoisotopic (exact) mass is 324 g/mol. The Bertz CT molecular complexity index is 692. The molecule has 0 heterocycles. The molecule has 0 saturated carbocycles. The first kappa shape index (κ1) is 18.0. The van der Waals surface area contributed by atoms with Crippen molar-refractivity contribution in [2.45, 2.75) is 33.1 Å². The van der Waals surface area contributed by atoms with E-state index in [0.717, 1.165) is 16.9 Å². The Morgan fingerprint density at radius 2 is 1.88 bits per heavy atom. The molecule has 0 spiro atoms. The van der Waals surface area contributed by atoms with Crippen LogP contribution < -0.4 is 10.1 Å². The molecule has 0 bridgehead atoms. The first-order valence-corrected chi connectivity index (χ1v) is 8.18. The van der Waals surface area contributed by atoms with Gasteiger partial charge in [-0.1, -0.05) is 38.1 Å². The molecule has 0 aliphatic rings. The third kappa shape index (κ3) is 5.69. The third-order valence-electron chi connectivity index (χ3n) is 3.81. The van der Waals surface area contributed by atoms with Gasteiger partial charge in [0.25, 0.3) is 0 Å². The van der Waals surface area contributed by atoms with Crippen LogP contribution in [0, 0.1) is 17.2 Å². The number of nitriles is 1. The number of ether oxygens (including phenoxy) is 1. The summed E-state index contributed by atoms with van der Waals surface area (Å²) in [7, 11) is 0. The number of nitrogens with one attached hydrogen (secondary N) is 1. The van der Waals surface area contributed by atoms with Gasteiger partial charge >= 0.3 is 0 Å². The van der Waals surface area contributed by atoms with Crippen molar-refractivity contribution < 1.29 is 9.84 Å². The van der Waals surface area contributed by atoms with Crippen LogP contribution in [-0.2, 0) is 13.2 Å². The van der Waals surface area contributed by atoms with E-state index in [2.05, 4.69) is 11.4 Å². The molecule has 0 amide bonds. The molecule has 0 aliphatic heterocycles. The molecule has 0 fully saturated rings. The second-order valence-electron chi connectivity index (χ2n) is 6.19. The van der Waals surface area contributed by atoms with Crippen LogP contribution in [0.5, 0.6) is 5.75 Å². The van der Waals surface area contributed by atoms with Crippen LogP contribution in [0.25, 0.3) is 0 Å². The van der Waals surface area contributed by atoms with Crippen molar-refractivity contribution in [1.29, 1.82) is 5.26 Å². The molecule has 0 aliphatic carbocycles. The van der Waals surface area contributed by atoms with Crippen molar-refractivity contribution in [3.05, 3.63) is 65.2 Å². The van der Waals surface area contributed by atoms with E-state index >= 15 is 0 Å². The van der Waals surface area contributed by atoms with Gasteiger partial charge in [-0.05, 0) is 41.3 Å². The van der Waals surface area contributed by atoms with Crippen molar-refractivity contribution in [2.24, 2.45) is 5.92 Å². The highest BCUT2D eigenvalue weighted by atomic mass is 16.5. The number of benzene rings is 2. The zero-order chi connectivity index (χ0) is 17.4. The Labute approximate surface area is 143 Å². The van der Waals surface area contributed by atoms with Gasteiger partial charge in [-0.2, -0.15) is 5.26 Å². The maximum Gasteiger partial charge on any atom is 0.120 e. The predicted octanol–water partition coefficient (Wildman–Crippen LogP) is 3.24. The topological polar surface area (TPSA) is 65.3 Å². The predicted molar refractivity (Wildman–Crippen MR) is 94.5 cm³/mol. The van der Waals surface area contributed by atoms with E-state index < -0.39 is 0 Å². The zero-order valence-electron chi connectivity index (χ0n) is 14.2. The lowest BCUT2D eigenvalue weighted by molar-refractivity contribution is 0.123. The molecule has 2 rings (SSSR count). The van der Waals surface area contributed by atoms with Crippen molar-refractivity contribution in [1.82, 2.24) is 5.32 Å². The van der Waals surface area contributed by atoms with Crippen LogP contribution in [0.4, 0.5) is 0 Å². The molecule has 2 aromatic carbocycles. The molecule has 1 unspecified atom stereocenters. The Balaban J connectivity index is 1.87. The highest BCUT2D eigenvalue weighted by Gasteiger charge is 2.08. The minimum Gasteiger partial charge on any atom is -0.489 e. The molecule has 0 radical (unpaired) electrons. The van der Waals surface area contributed by atoms with Crippen LogP contribution in [0.1, 0.15) is 30.5 Å². The summed E-state index contributed by atoms with van der Waals surface area (Å²) in [6.45, 7) is 5.69. The van der Waals surface area contributed by atoms with Crippen molar-refractivity contribution in [3.63, 3.8) is 0 Å². The average Bonchev–Trinajstić information content (AvgIpc) is 2.60. The quantitative estimate of drug-likeness (QED) is 0.782. The minimum absolute atomic E-state index is 0.247. The molecule has 0 saturated heterocycles. The molecule has 126 valence electrons. The lowest BCUT2D eigenvalue weighted by Gasteiger charge is -2.15. The number of rotatable bonds is 8. The Hall–Kier alpha value is -2.35. The van der Waals surface area contributed by atoms with E-state index in [9.17, 15) is 5.11 Å². The number of hydrogen-bond donors (Lipinski definition) is 2. The second-order valence-corrected chi connectivity index (χ2v) is 6.19.